The summed E-state index contributed by atoms with van der Waals surface area (Å²) in [7, 11) is 1.78. The smallest absolute Gasteiger partial charge is 0.334 e. The van der Waals surface area contributed by atoms with Gasteiger partial charge in [-0.3, -0.25) is 10.1 Å². The van der Waals surface area contributed by atoms with Crippen LogP contribution in [0.4, 0.5) is 11.5 Å². The highest BCUT2D eigenvalue weighted by Crippen LogP contribution is 2.35. The van der Waals surface area contributed by atoms with Crippen LogP contribution in [0.5, 0.6) is 0 Å². The molecule has 2 heterocycles. The number of nitrogens with two attached hydrogens (primary N) is 1. The largest absolute Gasteiger partial charge is 0.348 e. The van der Waals surface area contributed by atoms with Gasteiger partial charge in [0.05, 0.1) is 4.92 Å². The predicted molar refractivity (Wildman–Crippen MR) is 77.9 cm³/mol. The number of aryl methyl sites for hydroxylation is 2. The van der Waals surface area contributed by atoms with E-state index in [0.29, 0.717) is 17.9 Å². The molecule has 1 aromatic heterocycles. The summed E-state index contributed by atoms with van der Waals surface area (Å²) in [5, 5.41) is 15.8. The van der Waals surface area contributed by atoms with Gasteiger partial charge in [0.25, 0.3) is 0 Å². The fourth-order valence-electron chi connectivity index (χ4n) is 3.00. The molecule has 7 nitrogen and oxygen atoms in total. The van der Waals surface area contributed by atoms with Gasteiger partial charge >= 0.3 is 5.69 Å². The normalized spacial score (nSPS) is 23.1. The molecule has 1 aromatic rings. The predicted octanol–water partition coefficient (Wildman–Crippen LogP) is 1.60. The Morgan fingerprint density at radius 1 is 1.55 bits per heavy atom. The Balaban J connectivity index is 2.42. The number of anilines is 1. The topological polar surface area (TPSA) is 90.2 Å². The second-order valence-electron chi connectivity index (χ2n) is 5.58. The summed E-state index contributed by atoms with van der Waals surface area (Å²) in [4.78, 5) is 13.2. The van der Waals surface area contributed by atoms with Crippen LogP contribution >= 0.6 is 0 Å². The van der Waals surface area contributed by atoms with E-state index in [1.165, 1.54) is 0 Å². The first-order valence-corrected chi connectivity index (χ1v) is 7.18. The van der Waals surface area contributed by atoms with Crippen LogP contribution in [0.1, 0.15) is 38.8 Å². The van der Waals surface area contributed by atoms with Crippen LogP contribution in [0, 0.1) is 10.1 Å². The first-order valence-electron chi connectivity index (χ1n) is 7.18. The molecule has 0 bridgehead atoms. The number of aromatic nitrogens is 2. The van der Waals surface area contributed by atoms with Gasteiger partial charge in [-0.2, -0.15) is 5.10 Å². The van der Waals surface area contributed by atoms with Crippen molar-refractivity contribution in [2.75, 3.05) is 11.4 Å². The first-order chi connectivity index (χ1) is 9.45. The number of hydrogen-bond acceptors (Lipinski definition) is 5. The number of hydrogen-bond donors (Lipinski definition) is 1. The minimum Gasteiger partial charge on any atom is -0.348 e. The lowest BCUT2D eigenvalue weighted by Crippen LogP contribution is -2.46. The van der Waals surface area contributed by atoms with E-state index in [4.69, 9.17) is 5.73 Å². The van der Waals surface area contributed by atoms with Crippen molar-refractivity contribution in [3.8, 4) is 0 Å². The summed E-state index contributed by atoms with van der Waals surface area (Å²) < 4.78 is 1.65. The van der Waals surface area contributed by atoms with Gasteiger partial charge in [0, 0.05) is 25.7 Å². The van der Waals surface area contributed by atoms with Crippen molar-refractivity contribution in [1.29, 1.82) is 0 Å². The molecule has 0 saturated carbocycles. The van der Waals surface area contributed by atoms with E-state index >= 15 is 0 Å². The lowest BCUT2D eigenvalue weighted by Gasteiger charge is -2.37. The van der Waals surface area contributed by atoms with Crippen molar-refractivity contribution in [3.63, 3.8) is 0 Å². The van der Waals surface area contributed by atoms with Gasteiger partial charge in [0.15, 0.2) is 0 Å². The molecule has 2 atom stereocenters. The number of nitrogens with zero attached hydrogens (tertiary/aromatic N) is 4. The van der Waals surface area contributed by atoms with E-state index in [1.54, 1.807) is 11.7 Å². The van der Waals surface area contributed by atoms with E-state index in [1.807, 2.05) is 6.92 Å². The fourth-order valence-corrected chi connectivity index (χ4v) is 3.00. The molecule has 20 heavy (non-hydrogen) atoms. The Bertz CT molecular complexity index is 499. The Kier molecular flexibility index (Phi) is 4.27. The van der Waals surface area contributed by atoms with Gasteiger partial charge in [-0.05, 0) is 26.2 Å². The number of rotatable bonds is 4. The molecule has 0 aromatic carbocycles. The molecule has 2 rings (SSSR count). The van der Waals surface area contributed by atoms with Crippen LogP contribution in [0.2, 0.25) is 0 Å². The summed E-state index contributed by atoms with van der Waals surface area (Å²) >= 11 is 0. The standard InChI is InChI=1S/C13H23N5O2/c1-4-5-11-12(18(19)20)13(16(3)15-11)17-7-6-10(14)8-9(17)2/h9-10H,4-8,14H2,1-3H3. The molecule has 1 saturated heterocycles. The highest BCUT2D eigenvalue weighted by atomic mass is 16.6. The van der Waals surface area contributed by atoms with E-state index in [9.17, 15) is 10.1 Å². The summed E-state index contributed by atoms with van der Waals surface area (Å²) in [6.45, 7) is 4.81. The molecule has 7 heteroatoms. The molecule has 0 radical (unpaired) electrons. The Labute approximate surface area is 118 Å². The molecule has 1 aliphatic rings. The maximum absolute atomic E-state index is 11.4. The Hall–Kier alpha value is -1.63. The van der Waals surface area contributed by atoms with Crippen LogP contribution in [0.3, 0.4) is 0 Å². The summed E-state index contributed by atoms with van der Waals surface area (Å²) in [6.07, 6.45) is 3.19. The van der Waals surface area contributed by atoms with Crippen LogP contribution in [0.15, 0.2) is 0 Å². The zero-order valence-electron chi connectivity index (χ0n) is 12.4. The molecular weight excluding hydrogens is 258 g/mol. The minimum absolute atomic E-state index is 0.164. The molecule has 0 amide bonds. The van der Waals surface area contributed by atoms with Crippen LogP contribution < -0.4 is 10.6 Å². The van der Waals surface area contributed by atoms with E-state index < -0.39 is 0 Å². The third-order valence-corrected chi connectivity index (χ3v) is 3.92. The van der Waals surface area contributed by atoms with Crippen LogP contribution in [-0.2, 0) is 13.5 Å². The second-order valence-corrected chi connectivity index (χ2v) is 5.58. The Morgan fingerprint density at radius 2 is 2.25 bits per heavy atom. The highest BCUT2D eigenvalue weighted by Gasteiger charge is 2.34. The first kappa shape index (κ1) is 14.8. The zero-order chi connectivity index (χ0) is 14.9. The molecule has 2 unspecified atom stereocenters. The molecule has 2 N–H and O–H groups in total. The maximum Gasteiger partial charge on any atom is 0.334 e. The molecule has 112 valence electrons. The lowest BCUT2D eigenvalue weighted by molar-refractivity contribution is -0.384. The Morgan fingerprint density at radius 3 is 2.80 bits per heavy atom. The van der Waals surface area contributed by atoms with E-state index in [0.717, 1.165) is 25.8 Å². The minimum atomic E-state index is -0.297. The van der Waals surface area contributed by atoms with Gasteiger partial charge in [-0.25, -0.2) is 4.68 Å². The molecule has 1 aliphatic heterocycles. The molecule has 0 spiro atoms. The quantitative estimate of drug-likeness (QED) is 0.668. The second kappa shape index (κ2) is 5.78. The SMILES string of the molecule is CCCc1nn(C)c(N2CCC(N)CC2C)c1[N+](=O)[O-]. The average molecular weight is 281 g/mol. The lowest BCUT2D eigenvalue weighted by atomic mass is 9.99. The van der Waals surface area contributed by atoms with Crippen molar-refractivity contribution in [1.82, 2.24) is 9.78 Å². The zero-order valence-corrected chi connectivity index (χ0v) is 12.4. The van der Waals surface area contributed by atoms with E-state index in [-0.39, 0.29) is 22.7 Å². The number of piperidine rings is 1. The molecular formula is C13H23N5O2. The van der Waals surface area contributed by atoms with Gasteiger partial charge in [-0.1, -0.05) is 13.3 Å². The van der Waals surface area contributed by atoms with Crippen molar-refractivity contribution >= 4 is 11.5 Å². The third kappa shape index (κ3) is 2.63. The van der Waals surface area contributed by atoms with Crippen molar-refractivity contribution in [2.45, 2.75) is 51.6 Å². The molecule has 1 fully saturated rings. The van der Waals surface area contributed by atoms with Crippen molar-refractivity contribution < 1.29 is 4.92 Å². The van der Waals surface area contributed by atoms with Gasteiger partial charge < -0.3 is 10.6 Å². The summed E-state index contributed by atoms with van der Waals surface area (Å²) in [6, 6.07) is 0.381. The van der Waals surface area contributed by atoms with Crippen molar-refractivity contribution in [2.24, 2.45) is 12.8 Å². The summed E-state index contributed by atoms with van der Waals surface area (Å²) in [5.41, 5.74) is 6.72. The number of nitro groups is 1. The van der Waals surface area contributed by atoms with Gasteiger partial charge in [0.2, 0.25) is 5.82 Å². The van der Waals surface area contributed by atoms with Gasteiger partial charge in [0.1, 0.15) is 5.69 Å². The third-order valence-electron chi connectivity index (χ3n) is 3.92. The van der Waals surface area contributed by atoms with Crippen LogP contribution in [-0.4, -0.2) is 33.3 Å². The van der Waals surface area contributed by atoms with Crippen LogP contribution in [0.25, 0.3) is 0 Å². The fraction of sp³-hybridized carbons (Fsp3) is 0.769. The molecule has 0 aliphatic carbocycles. The van der Waals surface area contributed by atoms with Gasteiger partial charge in [-0.15, -0.1) is 0 Å². The average Bonchev–Trinajstić information content (AvgIpc) is 2.66. The highest BCUT2D eigenvalue weighted by molar-refractivity contribution is 5.62. The monoisotopic (exact) mass is 281 g/mol. The maximum atomic E-state index is 11.4. The summed E-state index contributed by atoms with van der Waals surface area (Å²) in [5.74, 6) is 0.623. The van der Waals surface area contributed by atoms with Crippen molar-refractivity contribution in [3.05, 3.63) is 15.8 Å². The van der Waals surface area contributed by atoms with E-state index in [2.05, 4.69) is 16.9 Å².